The SMILES string of the molecule is CC/C=C\C/C=C\C/C=C\C/C=C\C[C@@H]1O[C@H]1CCCC(=O)OC. The van der Waals surface area contributed by atoms with Gasteiger partial charge in [-0.1, -0.05) is 55.5 Å². The fraction of sp³-hybridized carbons (Fsp3) is 0.571. The van der Waals surface area contributed by atoms with Crippen LogP contribution in [0.3, 0.4) is 0 Å². The summed E-state index contributed by atoms with van der Waals surface area (Å²) in [7, 11) is 1.43. The van der Waals surface area contributed by atoms with Crippen LogP contribution in [0.25, 0.3) is 0 Å². The Bertz CT molecular complexity index is 446. The molecule has 3 nitrogen and oxygen atoms in total. The number of rotatable bonds is 13. The molecule has 1 heterocycles. The minimum absolute atomic E-state index is 0.133. The van der Waals surface area contributed by atoms with E-state index < -0.39 is 0 Å². The smallest absolute Gasteiger partial charge is 0.305 e. The molecule has 0 aliphatic carbocycles. The lowest BCUT2D eigenvalue weighted by molar-refractivity contribution is -0.140. The van der Waals surface area contributed by atoms with E-state index in [4.69, 9.17) is 4.74 Å². The number of esters is 1. The van der Waals surface area contributed by atoms with Crippen molar-refractivity contribution in [3.05, 3.63) is 48.6 Å². The Labute approximate surface area is 147 Å². The number of ether oxygens (including phenoxy) is 2. The first-order chi connectivity index (χ1) is 11.8. The summed E-state index contributed by atoms with van der Waals surface area (Å²) in [5, 5.41) is 0. The lowest BCUT2D eigenvalue weighted by atomic mass is 10.1. The second-order valence-corrected chi connectivity index (χ2v) is 5.92. The van der Waals surface area contributed by atoms with Gasteiger partial charge in [0.2, 0.25) is 0 Å². The summed E-state index contributed by atoms with van der Waals surface area (Å²) in [6.45, 7) is 2.15. The van der Waals surface area contributed by atoms with E-state index in [0.29, 0.717) is 18.6 Å². The van der Waals surface area contributed by atoms with E-state index in [2.05, 4.69) is 60.3 Å². The van der Waals surface area contributed by atoms with Crippen LogP contribution in [0.4, 0.5) is 0 Å². The van der Waals surface area contributed by atoms with Crippen LogP contribution < -0.4 is 0 Å². The van der Waals surface area contributed by atoms with Gasteiger partial charge in [0.1, 0.15) is 0 Å². The van der Waals surface area contributed by atoms with Crippen molar-refractivity contribution in [1.29, 1.82) is 0 Å². The quantitative estimate of drug-likeness (QED) is 0.261. The van der Waals surface area contributed by atoms with Gasteiger partial charge in [-0.2, -0.15) is 0 Å². The molecule has 1 aliphatic heterocycles. The van der Waals surface area contributed by atoms with Crippen LogP contribution in [0.15, 0.2) is 48.6 Å². The molecule has 3 heteroatoms. The summed E-state index contributed by atoms with van der Waals surface area (Å²) in [6, 6.07) is 0. The first kappa shape index (κ1) is 20.4. The minimum Gasteiger partial charge on any atom is -0.469 e. The van der Waals surface area contributed by atoms with Gasteiger partial charge < -0.3 is 9.47 Å². The van der Waals surface area contributed by atoms with Gasteiger partial charge in [-0.05, 0) is 44.9 Å². The molecule has 0 aromatic carbocycles. The van der Waals surface area contributed by atoms with E-state index in [1.165, 1.54) is 7.11 Å². The van der Waals surface area contributed by atoms with Gasteiger partial charge in [0.15, 0.2) is 0 Å². The Morgan fingerprint density at radius 2 is 1.50 bits per heavy atom. The Hall–Kier alpha value is -1.61. The average Bonchev–Trinajstić information content (AvgIpc) is 3.34. The lowest BCUT2D eigenvalue weighted by Gasteiger charge is -1.96. The van der Waals surface area contributed by atoms with Crippen LogP contribution in [0.2, 0.25) is 0 Å². The lowest BCUT2D eigenvalue weighted by Crippen LogP contribution is -2.01. The summed E-state index contributed by atoms with van der Waals surface area (Å²) in [4.78, 5) is 11.0. The van der Waals surface area contributed by atoms with Crippen molar-refractivity contribution >= 4 is 5.97 Å². The van der Waals surface area contributed by atoms with Gasteiger partial charge in [-0.3, -0.25) is 4.79 Å². The molecule has 1 saturated heterocycles. The number of hydrogen-bond donors (Lipinski definition) is 0. The van der Waals surface area contributed by atoms with Crippen molar-refractivity contribution < 1.29 is 14.3 Å². The Morgan fingerprint density at radius 1 is 0.917 bits per heavy atom. The highest BCUT2D eigenvalue weighted by Crippen LogP contribution is 2.30. The van der Waals surface area contributed by atoms with Crippen LogP contribution in [0.1, 0.15) is 58.3 Å². The fourth-order valence-corrected chi connectivity index (χ4v) is 2.40. The molecule has 0 saturated carbocycles. The van der Waals surface area contributed by atoms with E-state index >= 15 is 0 Å². The van der Waals surface area contributed by atoms with Crippen molar-refractivity contribution in [3.8, 4) is 0 Å². The van der Waals surface area contributed by atoms with E-state index in [1.54, 1.807) is 0 Å². The van der Waals surface area contributed by atoms with Crippen LogP contribution in [0, 0.1) is 0 Å². The first-order valence-electron chi connectivity index (χ1n) is 9.10. The highest BCUT2D eigenvalue weighted by molar-refractivity contribution is 5.68. The minimum atomic E-state index is -0.133. The summed E-state index contributed by atoms with van der Waals surface area (Å²) in [6.07, 6.45) is 25.7. The molecular formula is C21H32O3. The van der Waals surface area contributed by atoms with Crippen LogP contribution >= 0.6 is 0 Å². The number of allylic oxidation sites excluding steroid dienone is 7. The van der Waals surface area contributed by atoms with Gasteiger partial charge in [0, 0.05) is 6.42 Å². The normalized spacial score (nSPS) is 20.8. The molecule has 0 bridgehead atoms. The zero-order valence-corrected chi connectivity index (χ0v) is 15.2. The molecule has 24 heavy (non-hydrogen) atoms. The summed E-state index contributed by atoms with van der Waals surface area (Å²) in [5.41, 5.74) is 0. The second-order valence-electron chi connectivity index (χ2n) is 5.92. The number of carbonyl (C=O) groups excluding carboxylic acids is 1. The third kappa shape index (κ3) is 11.0. The van der Waals surface area contributed by atoms with Gasteiger partial charge >= 0.3 is 5.97 Å². The van der Waals surface area contributed by atoms with Crippen molar-refractivity contribution in [3.63, 3.8) is 0 Å². The molecule has 0 aromatic heterocycles. The fourth-order valence-electron chi connectivity index (χ4n) is 2.40. The van der Waals surface area contributed by atoms with Crippen molar-refractivity contribution in [2.24, 2.45) is 0 Å². The molecule has 134 valence electrons. The molecule has 0 spiro atoms. The third-order valence-electron chi connectivity index (χ3n) is 3.87. The van der Waals surface area contributed by atoms with Crippen LogP contribution in [0.5, 0.6) is 0 Å². The highest BCUT2D eigenvalue weighted by Gasteiger charge is 2.36. The number of methoxy groups -OCH3 is 1. The monoisotopic (exact) mass is 332 g/mol. The zero-order chi connectivity index (χ0) is 17.5. The molecule has 0 amide bonds. The van der Waals surface area contributed by atoms with Crippen LogP contribution in [-0.4, -0.2) is 25.3 Å². The van der Waals surface area contributed by atoms with E-state index in [9.17, 15) is 4.79 Å². The molecule has 0 N–H and O–H groups in total. The van der Waals surface area contributed by atoms with Gasteiger partial charge in [0.05, 0.1) is 19.3 Å². The molecule has 1 aliphatic rings. The van der Waals surface area contributed by atoms with Gasteiger partial charge in [-0.15, -0.1) is 0 Å². The molecule has 1 rings (SSSR count). The van der Waals surface area contributed by atoms with E-state index in [0.717, 1.165) is 44.9 Å². The number of epoxide rings is 1. The molecular weight excluding hydrogens is 300 g/mol. The standard InChI is InChI=1S/C21H32O3/c1-3-4-5-6-7-8-9-10-11-12-13-14-16-19-20(24-19)17-15-18-21(22)23-2/h4-5,7-8,10-11,13-14,19-20H,3,6,9,12,15-18H2,1-2H3/b5-4-,8-7-,11-10-,14-13-/t19-,20-/m0/s1. The summed E-state index contributed by atoms with van der Waals surface area (Å²) >= 11 is 0. The van der Waals surface area contributed by atoms with Crippen molar-refractivity contribution in [1.82, 2.24) is 0 Å². The maximum Gasteiger partial charge on any atom is 0.305 e. The van der Waals surface area contributed by atoms with Crippen molar-refractivity contribution in [2.45, 2.75) is 70.5 Å². The first-order valence-corrected chi connectivity index (χ1v) is 9.10. The second kappa shape index (κ2) is 13.8. The number of carbonyl (C=O) groups is 1. The summed E-state index contributed by atoms with van der Waals surface area (Å²) < 4.78 is 10.2. The molecule has 0 unspecified atom stereocenters. The largest absolute Gasteiger partial charge is 0.469 e. The molecule has 0 radical (unpaired) electrons. The van der Waals surface area contributed by atoms with Crippen LogP contribution in [-0.2, 0) is 14.3 Å². The topological polar surface area (TPSA) is 38.8 Å². The molecule has 1 fully saturated rings. The summed E-state index contributed by atoms with van der Waals surface area (Å²) in [5.74, 6) is -0.133. The zero-order valence-electron chi connectivity index (χ0n) is 15.2. The van der Waals surface area contributed by atoms with E-state index in [-0.39, 0.29) is 5.97 Å². The predicted octanol–water partition coefficient (Wildman–Crippen LogP) is 5.29. The Kier molecular flexibility index (Phi) is 11.7. The molecule has 0 aromatic rings. The Morgan fingerprint density at radius 3 is 2.08 bits per heavy atom. The third-order valence-corrected chi connectivity index (χ3v) is 3.87. The maximum atomic E-state index is 11.0. The van der Waals surface area contributed by atoms with Gasteiger partial charge in [-0.25, -0.2) is 0 Å². The highest BCUT2D eigenvalue weighted by atomic mass is 16.6. The number of hydrogen-bond acceptors (Lipinski definition) is 3. The maximum absolute atomic E-state index is 11.0. The average molecular weight is 332 g/mol. The molecule has 2 atom stereocenters. The van der Waals surface area contributed by atoms with Gasteiger partial charge in [0.25, 0.3) is 0 Å². The van der Waals surface area contributed by atoms with Crippen molar-refractivity contribution in [2.75, 3.05) is 7.11 Å². The Balaban J connectivity index is 1.94. The predicted molar refractivity (Wildman–Crippen MR) is 99.8 cm³/mol. The van der Waals surface area contributed by atoms with E-state index in [1.807, 2.05) is 0 Å².